The van der Waals surface area contributed by atoms with Crippen molar-refractivity contribution in [2.45, 2.75) is 25.0 Å². The van der Waals surface area contributed by atoms with E-state index in [1.54, 1.807) is 18.4 Å². The number of aromatic nitrogens is 2. The molecule has 2 aromatic heterocycles. The summed E-state index contributed by atoms with van der Waals surface area (Å²) >= 11 is 0. The van der Waals surface area contributed by atoms with Crippen LogP contribution in [-0.4, -0.2) is 76.6 Å². The number of aliphatic hydroxyl groups is 1. The number of nitrogens with zero attached hydrogens (tertiary/aromatic N) is 4. The number of hydrogen-bond donors (Lipinski definition) is 1. The minimum atomic E-state index is -0.870. The van der Waals surface area contributed by atoms with Gasteiger partial charge in [0.15, 0.2) is 5.76 Å². The topological polar surface area (TPSA) is 88.0 Å². The molecule has 2 saturated heterocycles. The van der Waals surface area contributed by atoms with E-state index < -0.39 is 5.60 Å². The summed E-state index contributed by atoms with van der Waals surface area (Å²) in [6.45, 7) is 5.44. The Kier molecular flexibility index (Phi) is 4.85. The zero-order chi connectivity index (χ0) is 17.1. The molecule has 8 nitrogen and oxygen atoms in total. The van der Waals surface area contributed by atoms with E-state index in [9.17, 15) is 5.11 Å². The van der Waals surface area contributed by atoms with Gasteiger partial charge in [0.05, 0.1) is 26.0 Å². The van der Waals surface area contributed by atoms with Crippen molar-refractivity contribution in [3.05, 3.63) is 24.3 Å². The van der Waals surface area contributed by atoms with E-state index in [0.29, 0.717) is 50.4 Å². The Balaban J connectivity index is 1.40. The standard InChI is InChI=1S/C17H24N4O4/c22-17(11-20-5-1-2-6-20)12-21(7-9-23-13-17)10-15-18-19-16(25-15)14-4-3-8-24-14/h3-4,8,22H,1-2,5-7,9-13H2. The number of β-amino-alcohol motifs (C(OH)–C–C–N with tert-alkyl or cyclic N) is 1. The van der Waals surface area contributed by atoms with Gasteiger partial charge in [0.2, 0.25) is 5.89 Å². The van der Waals surface area contributed by atoms with Crippen LogP contribution in [0, 0.1) is 0 Å². The fourth-order valence-electron chi connectivity index (χ4n) is 3.59. The summed E-state index contributed by atoms with van der Waals surface area (Å²) < 4.78 is 16.6. The number of ether oxygens (including phenoxy) is 1. The van der Waals surface area contributed by atoms with Gasteiger partial charge in [-0.3, -0.25) is 4.90 Å². The molecule has 0 aliphatic carbocycles. The van der Waals surface area contributed by atoms with Crippen LogP contribution in [-0.2, 0) is 11.3 Å². The highest BCUT2D eigenvalue weighted by Gasteiger charge is 2.35. The average molecular weight is 348 g/mol. The Bertz CT molecular complexity index is 668. The van der Waals surface area contributed by atoms with Crippen LogP contribution in [0.2, 0.25) is 0 Å². The van der Waals surface area contributed by atoms with Crippen molar-refractivity contribution < 1.29 is 18.7 Å². The third kappa shape index (κ3) is 4.09. The molecule has 8 heteroatoms. The molecule has 0 aromatic carbocycles. The molecule has 1 atom stereocenters. The van der Waals surface area contributed by atoms with Crippen LogP contribution < -0.4 is 0 Å². The van der Waals surface area contributed by atoms with Gasteiger partial charge in [0.25, 0.3) is 5.89 Å². The zero-order valence-electron chi connectivity index (χ0n) is 14.3. The predicted molar refractivity (Wildman–Crippen MR) is 88.7 cm³/mol. The van der Waals surface area contributed by atoms with Crippen LogP contribution in [0.5, 0.6) is 0 Å². The highest BCUT2D eigenvalue weighted by atomic mass is 16.5. The Morgan fingerprint density at radius 1 is 1.16 bits per heavy atom. The minimum Gasteiger partial charge on any atom is -0.459 e. The summed E-state index contributed by atoms with van der Waals surface area (Å²) in [5, 5.41) is 19.2. The molecule has 1 N–H and O–H groups in total. The lowest BCUT2D eigenvalue weighted by Crippen LogP contribution is -2.51. The lowest BCUT2D eigenvalue weighted by Gasteiger charge is -2.33. The van der Waals surface area contributed by atoms with E-state index in [1.807, 2.05) is 0 Å². The molecule has 0 spiro atoms. The highest BCUT2D eigenvalue weighted by Crippen LogP contribution is 2.21. The monoisotopic (exact) mass is 348 g/mol. The SMILES string of the molecule is OC1(CN2CCCC2)COCCN(Cc2nnc(-c3ccco3)o2)C1. The molecule has 2 aliphatic heterocycles. The third-order valence-corrected chi connectivity index (χ3v) is 4.71. The van der Waals surface area contributed by atoms with Crippen LogP contribution in [0.25, 0.3) is 11.7 Å². The molecule has 1 unspecified atom stereocenters. The van der Waals surface area contributed by atoms with Crippen LogP contribution >= 0.6 is 0 Å². The second kappa shape index (κ2) is 7.25. The van der Waals surface area contributed by atoms with Crippen molar-refractivity contribution >= 4 is 0 Å². The van der Waals surface area contributed by atoms with Gasteiger partial charge in [-0.05, 0) is 38.1 Å². The van der Waals surface area contributed by atoms with Crippen molar-refractivity contribution in [1.29, 1.82) is 0 Å². The summed E-state index contributed by atoms with van der Waals surface area (Å²) in [5.74, 6) is 1.44. The number of likely N-dealkylation sites (tertiary alicyclic amines) is 1. The van der Waals surface area contributed by atoms with E-state index in [1.165, 1.54) is 12.8 Å². The normalized spacial score (nSPS) is 26.1. The third-order valence-electron chi connectivity index (χ3n) is 4.71. The van der Waals surface area contributed by atoms with Crippen molar-refractivity contribution in [3.63, 3.8) is 0 Å². The molecular formula is C17H24N4O4. The summed E-state index contributed by atoms with van der Waals surface area (Å²) in [6.07, 6.45) is 3.99. The second-order valence-electron chi connectivity index (χ2n) is 6.95. The number of furan rings is 1. The van der Waals surface area contributed by atoms with E-state index in [0.717, 1.165) is 19.6 Å². The molecule has 0 amide bonds. The fraction of sp³-hybridized carbons (Fsp3) is 0.647. The maximum Gasteiger partial charge on any atom is 0.283 e. The Morgan fingerprint density at radius 2 is 2.04 bits per heavy atom. The molecule has 4 heterocycles. The maximum absolute atomic E-state index is 11.0. The number of hydrogen-bond acceptors (Lipinski definition) is 8. The van der Waals surface area contributed by atoms with Crippen LogP contribution in [0.1, 0.15) is 18.7 Å². The first-order valence-corrected chi connectivity index (χ1v) is 8.81. The predicted octanol–water partition coefficient (Wildman–Crippen LogP) is 0.989. The van der Waals surface area contributed by atoms with Gasteiger partial charge in [-0.2, -0.15) is 0 Å². The van der Waals surface area contributed by atoms with Crippen LogP contribution in [0.4, 0.5) is 0 Å². The lowest BCUT2D eigenvalue weighted by molar-refractivity contribution is -0.0552. The summed E-state index contributed by atoms with van der Waals surface area (Å²) in [5.41, 5.74) is -0.870. The average Bonchev–Trinajstić information content (AvgIpc) is 3.31. The second-order valence-corrected chi connectivity index (χ2v) is 6.95. The Labute approximate surface area is 146 Å². The molecule has 136 valence electrons. The molecule has 4 rings (SSSR count). The Hall–Kier alpha value is -1.74. The lowest BCUT2D eigenvalue weighted by atomic mass is 10.0. The molecule has 2 aromatic rings. The zero-order valence-corrected chi connectivity index (χ0v) is 14.3. The summed E-state index contributed by atoms with van der Waals surface area (Å²) in [7, 11) is 0. The van der Waals surface area contributed by atoms with E-state index in [2.05, 4.69) is 20.0 Å². The van der Waals surface area contributed by atoms with Crippen LogP contribution in [0.3, 0.4) is 0 Å². The van der Waals surface area contributed by atoms with Gasteiger partial charge in [-0.1, -0.05) is 0 Å². The quantitative estimate of drug-likeness (QED) is 0.856. The van der Waals surface area contributed by atoms with Gasteiger partial charge in [-0.25, -0.2) is 0 Å². The van der Waals surface area contributed by atoms with Gasteiger partial charge in [0, 0.05) is 19.6 Å². The fourth-order valence-corrected chi connectivity index (χ4v) is 3.59. The first kappa shape index (κ1) is 16.7. The molecule has 0 radical (unpaired) electrons. The molecule has 2 fully saturated rings. The first-order chi connectivity index (χ1) is 12.2. The van der Waals surface area contributed by atoms with Gasteiger partial charge < -0.3 is 23.6 Å². The van der Waals surface area contributed by atoms with Crippen molar-refractivity contribution in [2.24, 2.45) is 0 Å². The van der Waals surface area contributed by atoms with Crippen molar-refractivity contribution in [1.82, 2.24) is 20.0 Å². The number of rotatable bonds is 5. The smallest absolute Gasteiger partial charge is 0.283 e. The molecular weight excluding hydrogens is 324 g/mol. The maximum atomic E-state index is 11.0. The largest absolute Gasteiger partial charge is 0.459 e. The van der Waals surface area contributed by atoms with Crippen molar-refractivity contribution in [3.8, 4) is 11.7 Å². The van der Waals surface area contributed by atoms with Crippen LogP contribution in [0.15, 0.2) is 27.2 Å². The molecule has 25 heavy (non-hydrogen) atoms. The molecule has 2 aliphatic rings. The minimum absolute atomic E-state index is 0.363. The van der Waals surface area contributed by atoms with Gasteiger partial charge >= 0.3 is 0 Å². The summed E-state index contributed by atoms with van der Waals surface area (Å²) in [6, 6.07) is 3.57. The van der Waals surface area contributed by atoms with E-state index in [-0.39, 0.29) is 0 Å². The van der Waals surface area contributed by atoms with E-state index in [4.69, 9.17) is 13.6 Å². The van der Waals surface area contributed by atoms with Gasteiger partial charge in [0.1, 0.15) is 5.60 Å². The molecule has 0 bridgehead atoms. The molecule has 0 saturated carbocycles. The van der Waals surface area contributed by atoms with Crippen molar-refractivity contribution in [2.75, 3.05) is 45.9 Å². The Morgan fingerprint density at radius 3 is 2.84 bits per heavy atom. The first-order valence-electron chi connectivity index (χ1n) is 8.81. The highest BCUT2D eigenvalue weighted by molar-refractivity contribution is 5.42. The van der Waals surface area contributed by atoms with Gasteiger partial charge in [-0.15, -0.1) is 10.2 Å². The van der Waals surface area contributed by atoms with E-state index >= 15 is 0 Å². The summed E-state index contributed by atoms with van der Waals surface area (Å²) in [4.78, 5) is 4.43.